The first kappa shape index (κ1) is 17.4. The molecule has 0 aromatic heterocycles. The van der Waals surface area contributed by atoms with Crippen molar-refractivity contribution in [2.75, 3.05) is 11.1 Å². The van der Waals surface area contributed by atoms with E-state index in [1.807, 2.05) is 0 Å². The summed E-state index contributed by atoms with van der Waals surface area (Å²) in [5.74, 6) is -0.753. The van der Waals surface area contributed by atoms with Crippen molar-refractivity contribution in [3.8, 4) is 0 Å². The molecule has 3 N–H and O–H groups in total. The summed E-state index contributed by atoms with van der Waals surface area (Å²) in [6, 6.07) is 18.6. The summed E-state index contributed by atoms with van der Waals surface area (Å²) < 4.78 is 0. The molecule has 1 amide bonds. The largest absolute Gasteiger partial charge is 0.399 e. The summed E-state index contributed by atoms with van der Waals surface area (Å²) in [7, 11) is 0. The zero-order valence-corrected chi connectivity index (χ0v) is 14.8. The molecule has 1 aliphatic rings. The maximum absolute atomic E-state index is 12.7. The number of hydrogen-bond acceptors (Lipinski definition) is 4. The molecule has 0 saturated carbocycles. The summed E-state index contributed by atoms with van der Waals surface area (Å²) in [5.41, 5.74) is 9.00. The average Bonchev–Trinajstić information content (AvgIpc) is 2.71. The highest BCUT2D eigenvalue weighted by molar-refractivity contribution is 6.28. The maximum atomic E-state index is 12.7. The van der Waals surface area contributed by atoms with E-state index in [0.717, 1.165) is 5.56 Å². The number of carbonyl (C=O) groups is 3. The van der Waals surface area contributed by atoms with Crippen LogP contribution in [0.15, 0.2) is 72.8 Å². The molecule has 5 nitrogen and oxygen atoms in total. The number of rotatable bonds is 3. The lowest BCUT2D eigenvalue weighted by molar-refractivity contribution is -0.111. The smallest absolute Gasteiger partial charge is 0.248 e. The SMILES string of the molecule is Nc1ccc(/C=C/C(=O)Nc2ccc3c(c2)C(=O)c2ccccc2C3=O)cc1. The molecule has 3 aromatic rings. The van der Waals surface area contributed by atoms with Crippen molar-refractivity contribution in [2.45, 2.75) is 0 Å². The third kappa shape index (κ3) is 3.21. The number of hydrogen-bond donors (Lipinski definition) is 2. The van der Waals surface area contributed by atoms with Gasteiger partial charge in [-0.25, -0.2) is 0 Å². The molecular weight excluding hydrogens is 352 g/mol. The van der Waals surface area contributed by atoms with Crippen LogP contribution in [0.1, 0.15) is 37.4 Å². The quantitative estimate of drug-likeness (QED) is 0.426. The predicted octanol–water partition coefficient (Wildman–Crippen LogP) is 3.70. The van der Waals surface area contributed by atoms with Crippen LogP contribution in [0.4, 0.5) is 11.4 Å². The molecule has 0 bridgehead atoms. The van der Waals surface area contributed by atoms with Crippen LogP contribution in [0.25, 0.3) is 6.08 Å². The number of nitrogens with two attached hydrogens (primary N) is 1. The first-order valence-corrected chi connectivity index (χ1v) is 8.70. The van der Waals surface area contributed by atoms with Crippen molar-refractivity contribution in [3.05, 3.63) is 101 Å². The van der Waals surface area contributed by atoms with Gasteiger partial charge in [-0.05, 0) is 42.0 Å². The lowest BCUT2D eigenvalue weighted by atomic mass is 9.84. The summed E-state index contributed by atoms with van der Waals surface area (Å²) in [6.45, 7) is 0. The number of ketones is 2. The summed E-state index contributed by atoms with van der Waals surface area (Å²) in [4.78, 5) is 37.5. The Bertz CT molecular complexity index is 1140. The first-order valence-electron chi connectivity index (χ1n) is 8.70. The van der Waals surface area contributed by atoms with Crippen molar-refractivity contribution < 1.29 is 14.4 Å². The molecule has 1 aliphatic carbocycles. The molecular formula is C23H16N2O3. The Morgan fingerprint density at radius 3 is 2.07 bits per heavy atom. The van der Waals surface area contributed by atoms with Crippen molar-refractivity contribution in [1.82, 2.24) is 0 Å². The van der Waals surface area contributed by atoms with Crippen LogP contribution in [-0.2, 0) is 4.79 Å². The molecule has 5 heteroatoms. The van der Waals surface area contributed by atoms with Gasteiger partial charge in [-0.2, -0.15) is 0 Å². The molecule has 0 atom stereocenters. The Morgan fingerprint density at radius 1 is 0.786 bits per heavy atom. The molecule has 0 unspecified atom stereocenters. The molecule has 0 saturated heterocycles. The van der Waals surface area contributed by atoms with Gasteiger partial charge in [0.1, 0.15) is 0 Å². The third-order valence-corrected chi connectivity index (χ3v) is 4.56. The minimum Gasteiger partial charge on any atom is -0.399 e. The molecule has 28 heavy (non-hydrogen) atoms. The highest BCUT2D eigenvalue weighted by atomic mass is 16.1. The topological polar surface area (TPSA) is 89.3 Å². The number of benzene rings is 3. The van der Waals surface area contributed by atoms with Gasteiger partial charge in [-0.3, -0.25) is 14.4 Å². The highest BCUT2D eigenvalue weighted by Gasteiger charge is 2.29. The van der Waals surface area contributed by atoms with Crippen molar-refractivity contribution >= 4 is 34.9 Å². The van der Waals surface area contributed by atoms with Gasteiger partial charge in [0.05, 0.1) is 0 Å². The van der Waals surface area contributed by atoms with Gasteiger partial charge in [0.15, 0.2) is 11.6 Å². The van der Waals surface area contributed by atoms with Crippen LogP contribution < -0.4 is 11.1 Å². The van der Waals surface area contributed by atoms with E-state index < -0.39 is 0 Å². The first-order chi connectivity index (χ1) is 13.5. The molecule has 0 radical (unpaired) electrons. The zero-order chi connectivity index (χ0) is 19.7. The zero-order valence-electron chi connectivity index (χ0n) is 14.8. The fourth-order valence-electron chi connectivity index (χ4n) is 3.14. The van der Waals surface area contributed by atoms with E-state index in [0.29, 0.717) is 33.6 Å². The van der Waals surface area contributed by atoms with Crippen LogP contribution >= 0.6 is 0 Å². The molecule has 0 aliphatic heterocycles. The lowest BCUT2D eigenvalue weighted by Crippen LogP contribution is -2.21. The van der Waals surface area contributed by atoms with Crippen molar-refractivity contribution in [3.63, 3.8) is 0 Å². The minimum absolute atomic E-state index is 0.189. The molecule has 4 rings (SSSR count). The van der Waals surface area contributed by atoms with Gasteiger partial charge in [-0.15, -0.1) is 0 Å². The number of nitrogens with one attached hydrogen (secondary N) is 1. The maximum Gasteiger partial charge on any atom is 0.248 e. The Labute approximate surface area is 161 Å². The molecule has 0 spiro atoms. The van der Waals surface area contributed by atoms with Gasteiger partial charge >= 0.3 is 0 Å². The standard InChI is InChI=1S/C23H16N2O3/c24-15-8-5-14(6-9-15)7-12-21(26)25-16-10-11-19-20(13-16)23(28)18-4-2-1-3-17(18)22(19)27/h1-13H,24H2,(H,25,26)/b12-7+. The number of anilines is 2. The predicted molar refractivity (Wildman–Crippen MR) is 108 cm³/mol. The average molecular weight is 368 g/mol. The summed E-state index contributed by atoms with van der Waals surface area (Å²) in [5, 5.41) is 2.72. The minimum atomic E-state index is -0.341. The fraction of sp³-hybridized carbons (Fsp3) is 0. The Morgan fingerprint density at radius 2 is 1.39 bits per heavy atom. The Balaban J connectivity index is 1.56. The molecule has 0 heterocycles. The van der Waals surface area contributed by atoms with E-state index >= 15 is 0 Å². The fourth-order valence-corrected chi connectivity index (χ4v) is 3.14. The second-order valence-electron chi connectivity index (χ2n) is 6.45. The van der Waals surface area contributed by atoms with Crippen molar-refractivity contribution in [2.24, 2.45) is 0 Å². The van der Waals surface area contributed by atoms with Crippen LogP contribution in [-0.4, -0.2) is 17.5 Å². The van der Waals surface area contributed by atoms with Crippen molar-refractivity contribution in [1.29, 1.82) is 0 Å². The van der Waals surface area contributed by atoms with E-state index in [4.69, 9.17) is 5.73 Å². The van der Waals surface area contributed by atoms with Crippen LogP contribution in [0, 0.1) is 0 Å². The number of amides is 1. The summed E-state index contributed by atoms with van der Waals surface area (Å²) in [6.07, 6.45) is 3.06. The van der Waals surface area contributed by atoms with E-state index in [1.165, 1.54) is 6.08 Å². The van der Waals surface area contributed by atoms with E-state index in [9.17, 15) is 14.4 Å². The van der Waals surface area contributed by atoms with Gasteiger partial charge in [-0.1, -0.05) is 36.4 Å². The van der Waals surface area contributed by atoms with E-state index in [2.05, 4.69) is 5.32 Å². The van der Waals surface area contributed by atoms with Gasteiger partial charge in [0.2, 0.25) is 5.91 Å². The van der Waals surface area contributed by atoms with E-state index in [-0.39, 0.29) is 17.5 Å². The van der Waals surface area contributed by atoms with Crippen LogP contribution in [0.3, 0.4) is 0 Å². The number of carbonyl (C=O) groups excluding carboxylic acids is 3. The van der Waals surface area contributed by atoms with Gasteiger partial charge in [0.25, 0.3) is 0 Å². The normalized spacial score (nSPS) is 12.6. The molecule has 136 valence electrons. The Kier molecular flexibility index (Phi) is 4.33. The molecule has 3 aromatic carbocycles. The van der Waals surface area contributed by atoms with Gasteiger partial charge in [0, 0.05) is 39.7 Å². The highest BCUT2D eigenvalue weighted by Crippen LogP contribution is 2.29. The second-order valence-corrected chi connectivity index (χ2v) is 6.45. The molecule has 0 fully saturated rings. The summed E-state index contributed by atoms with van der Waals surface area (Å²) >= 11 is 0. The lowest BCUT2D eigenvalue weighted by Gasteiger charge is -2.18. The Hall–Kier alpha value is -3.99. The van der Waals surface area contributed by atoms with Crippen LogP contribution in [0.5, 0.6) is 0 Å². The van der Waals surface area contributed by atoms with E-state index in [1.54, 1.807) is 72.8 Å². The number of fused-ring (bicyclic) bond motifs is 2. The second kappa shape index (κ2) is 6.96. The van der Waals surface area contributed by atoms with Crippen LogP contribution in [0.2, 0.25) is 0 Å². The monoisotopic (exact) mass is 368 g/mol. The van der Waals surface area contributed by atoms with Gasteiger partial charge < -0.3 is 11.1 Å². The number of nitrogen functional groups attached to an aromatic ring is 1. The third-order valence-electron chi connectivity index (χ3n) is 4.56.